The smallest absolute Gasteiger partial charge is 0.119 e. The lowest BCUT2D eigenvalue weighted by Gasteiger charge is -2.17. The molecule has 0 heterocycles. The van der Waals surface area contributed by atoms with E-state index in [1.54, 1.807) is 7.11 Å². The summed E-state index contributed by atoms with van der Waals surface area (Å²) in [5.74, 6) is 1.52. The molecule has 0 bridgehead atoms. The van der Waals surface area contributed by atoms with Crippen molar-refractivity contribution in [2.24, 2.45) is 5.73 Å². The molecule has 1 rings (SSSR count). The van der Waals surface area contributed by atoms with E-state index in [2.05, 4.69) is 39.0 Å². The summed E-state index contributed by atoms with van der Waals surface area (Å²) in [4.78, 5) is 0. The third kappa shape index (κ3) is 4.04. The van der Waals surface area contributed by atoms with Gasteiger partial charge in [0.25, 0.3) is 0 Å². The zero-order valence-electron chi connectivity index (χ0n) is 11.5. The zero-order chi connectivity index (χ0) is 12.8. The highest BCUT2D eigenvalue weighted by atomic mass is 16.5. The van der Waals surface area contributed by atoms with Crippen molar-refractivity contribution >= 4 is 0 Å². The van der Waals surface area contributed by atoms with Crippen LogP contribution in [0.4, 0.5) is 0 Å². The van der Waals surface area contributed by atoms with Crippen molar-refractivity contribution in [2.45, 2.75) is 52.0 Å². The standard InChI is InChI=1S/C15H25NO/c1-5-13-10-14(17-4)8-9-15(13)11(2)6-7-12(3)16/h8-12H,5-7,16H2,1-4H3. The van der Waals surface area contributed by atoms with Crippen LogP contribution in [0.1, 0.15) is 50.7 Å². The summed E-state index contributed by atoms with van der Waals surface area (Å²) >= 11 is 0. The average molecular weight is 235 g/mol. The van der Waals surface area contributed by atoms with Gasteiger partial charge >= 0.3 is 0 Å². The Morgan fingerprint density at radius 1 is 1.24 bits per heavy atom. The van der Waals surface area contributed by atoms with Crippen molar-refractivity contribution in [1.29, 1.82) is 0 Å². The average Bonchev–Trinajstić information content (AvgIpc) is 2.34. The Labute approximate surface area is 105 Å². The van der Waals surface area contributed by atoms with Gasteiger partial charge in [0.1, 0.15) is 5.75 Å². The molecule has 0 amide bonds. The van der Waals surface area contributed by atoms with Crippen LogP contribution < -0.4 is 10.5 Å². The molecule has 0 saturated heterocycles. The molecule has 1 aromatic rings. The van der Waals surface area contributed by atoms with Gasteiger partial charge in [0.05, 0.1) is 7.11 Å². The number of hydrogen-bond acceptors (Lipinski definition) is 2. The molecule has 0 aliphatic heterocycles. The van der Waals surface area contributed by atoms with Crippen molar-refractivity contribution in [3.63, 3.8) is 0 Å². The molecule has 0 aromatic heterocycles. The normalized spacial score (nSPS) is 14.4. The summed E-state index contributed by atoms with van der Waals surface area (Å²) in [5, 5.41) is 0. The SMILES string of the molecule is CCc1cc(OC)ccc1C(C)CCC(C)N. The van der Waals surface area contributed by atoms with E-state index in [0.29, 0.717) is 12.0 Å². The predicted octanol–water partition coefficient (Wildman–Crippen LogP) is 3.49. The summed E-state index contributed by atoms with van der Waals surface area (Å²) in [6.07, 6.45) is 3.28. The van der Waals surface area contributed by atoms with E-state index < -0.39 is 0 Å². The Morgan fingerprint density at radius 2 is 1.94 bits per heavy atom. The van der Waals surface area contributed by atoms with Gasteiger partial charge in [0, 0.05) is 6.04 Å². The molecule has 2 N–H and O–H groups in total. The van der Waals surface area contributed by atoms with Crippen LogP contribution in [-0.2, 0) is 6.42 Å². The highest BCUT2D eigenvalue weighted by Crippen LogP contribution is 2.28. The number of hydrogen-bond donors (Lipinski definition) is 1. The Morgan fingerprint density at radius 3 is 2.47 bits per heavy atom. The Hall–Kier alpha value is -1.02. The van der Waals surface area contributed by atoms with Crippen molar-refractivity contribution in [2.75, 3.05) is 7.11 Å². The van der Waals surface area contributed by atoms with Crippen molar-refractivity contribution in [3.05, 3.63) is 29.3 Å². The van der Waals surface area contributed by atoms with E-state index >= 15 is 0 Å². The van der Waals surface area contributed by atoms with E-state index in [1.807, 2.05) is 0 Å². The van der Waals surface area contributed by atoms with Crippen LogP contribution in [0.5, 0.6) is 5.75 Å². The van der Waals surface area contributed by atoms with Gasteiger partial charge in [0.2, 0.25) is 0 Å². The first kappa shape index (κ1) is 14.0. The summed E-state index contributed by atoms with van der Waals surface area (Å²) in [7, 11) is 1.72. The molecule has 2 nitrogen and oxygen atoms in total. The van der Waals surface area contributed by atoms with Gasteiger partial charge in [-0.25, -0.2) is 0 Å². The van der Waals surface area contributed by atoms with Gasteiger partial charge < -0.3 is 10.5 Å². The van der Waals surface area contributed by atoms with E-state index in [4.69, 9.17) is 10.5 Å². The quantitative estimate of drug-likeness (QED) is 0.819. The minimum Gasteiger partial charge on any atom is -0.497 e. The van der Waals surface area contributed by atoms with E-state index in [-0.39, 0.29) is 0 Å². The summed E-state index contributed by atoms with van der Waals surface area (Å²) in [6, 6.07) is 6.69. The number of ether oxygens (including phenoxy) is 1. The molecule has 0 fully saturated rings. The van der Waals surface area contributed by atoms with Crippen LogP contribution in [0.15, 0.2) is 18.2 Å². The lowest BCUT2D eigenvalue weighted by atomic mass is 9.90. The first-order valence-corrected chi connectivity index (χ1v) is 6.50. The molecule has 0 saturated carbocycles. The van der Waals surface area contributed by atoms with Gasteiger partial charge in [-0.15, -0.1) is 0 Å². The molecule has 0 aliphatic rings. The number of methoxy groups -OCH3 is 1. The molecule has 2 heteroatoms. The fourth-order valence-corrected chi connectivity index (χ4v) is 2.16. The van der Waals surface area contributed by atoms with Crippen LogP contribution in [-0.4, -0.2) is 13.2 Å². The molecule has 0 spiro atoms. The second kappa shape index (κ2) is 6.65. The summed E-state index contributed by atoms with van der Waals surface area (Å²) in [6.45, 7) is 6.54. The number of benzene rings is 1. The van der Waals surface area contributed by atoms with Crippen LogP contribution in [0.2, 0.25) is 0 Å². The Balaban J connectivity index is 2.81. The monoisotopic (exact) mass is 235 g/mol. The van der Waals surface area contributed by atoms with Gasteiger partial charge in [-0.05, 0) is 55.4 Å². The lowest BCUT2D eigenvalue weighted by Crippen LogP contribution is -2.15. The molecule has 2 unspecified atom stereocenters. The molecule has 0 aliphatic carbocycles. The first-order chi connectivity index (χ1) is 8.08. The van der Waals surface area contributed by atoms with Gasteiger partial charge in [0.15, 0.2) is 0 Å². The molecule has 0 radical (unpaired) electrons. The highest BCUT2D eigenvalue weighted by Gasteiger charge is 2.11. The van der Waals surface area contributed by atoms with Crippen molar-refractivity contribution < 1.29 is 4.74 Å². The summed E-state index contributed by atoms with van der Waals surface area (Å²) in [5.41, 5.74) is 8.64. The van der Waals surface area contributed by atoms with Gasteiger partial charge in [-0.2, -0.15) is 0 Å². The molecule has 17 heavy (non-hydrogen) atoms. The number of aryl methyl sites for hydroxylation is 1. The van der Waals surface area contributed by atoms with Crippen LogP contribution in [0.25, 0.3) is 0 Å². The third-order valence-corrected chi connectivity index (χ3v) is 3.32. The minimum atomic E-state index is 0.292. The maximum Gasteiger partial charge on any atom is 0.119 e. The highest BCUT2D eigenvalue weighted by molar-refractivity contribution is 5.37. The molecule has 96 valence electrons. The molecular weight excluding hydrogens is 210 g/mol. The predicted molar refractivity (Wildman–Crippen MR) is 73.7 cm³/mol. The summed E-state index contributed by atoms with van der Waals surface area (Å²) < 4.78 is 5.27. The fraction of sp³-hybridized carbons (Fsp3) is 0.600. The van der Waals surface area contributed by atoms with E-state index in [9.17, 15) is 0 Å². The molecular formula is C15H25NO. The van der Waals surface area contributed by atoms with E-state index in [1.165, 1.54) is 11.1 Å². The zero-order valence-corrected chi connectivity index (χ0v) is 11.5. The van der Waals surface area contributed by atoms with Crippen LogP contribution in [0.3, 0.4) is 0 Å². The maximum atomic E-state index is 5.81. The number of rotatable bonds is 6. The topological polar surface area (TPSA) is 35.2 Å². The van der Waals surface area contributed by atoms with Crippen molar-refractivity contribution in [3.8, 4) is 5.75 Å². The van der Waals surface area contributed by atoms with Gasteiger partial charge in [-0.3, -0.25) is 0 Å². The first-order valence-electron chi connectivity index (χ1n) is 6.50. The second-order valence-electron chi connectivity index (χ2n) is 4.87. The third-order valence-electron chi connectivity index (χ3n) is 3.32. The second-order valence-corrected chi connectivity index (χ2v) is 4.87. The van der Waals surface area contributed by atoms with E-state index in [0.717, 1.165) is 25.0 Å². The maximum absolute atomic E-state index is 5.81. The fourth-order valence-electron chi connectivity index (χ4n) is 2.16. The largest absolute Gasteiger partial charge is 0.497 e. The van der Waals surface area contributed by atoms with Crippen molar-refractivity contribution in [1.82, 2.24) is 0 Å². The lowest BCUT2D eigenvalue weighted by molar-refractivity contribution is 0.414. The molecule has 1 aromatic carbocycles. The minimum absolute atomic E-state index is 0.292. The Kier molecular flexibility index (Phi) is 5.49. The van der Waals surface area contributed by atoms with Crippen LogP contribution in [0, 0.1) is 0 Å². The Bertz CT molecular complexity index is 347. The molecule has 2 atom stereocenters. The number of nitrogens with two attached hydrogens (primary N) is 1. The van der Waals surface area contributed by atoms with Crippen LogP contribution >= 0.6 is 0 Å². The van der Waals surface area contributed by atoms with Gasteiger partial charge in [-0.1, -0.05) is 19.9 Å².